The molecule has 0 aliphatic heterocycles. The van der Waals surface area contributed by atoms with E-state index in [-0.39, 0.29) is 36.3 Å². The van der Waals surface area contributed by atoms with E-state index in [2.05, 4.69) is 11.9 Å². The Kier molecular flexibility index (Phi) is 6.71. The first-order valence-electron chi connectivity index (χ1n) is 11.9. The number of aliphatic hydroxyl groups is 3. The van der Waals surface area contributed by atoms with Gasteiger partial charge in [-0.2, -0.15) is 0 Å². The van der Waals surface area contributed by atoms with Gasteiger partial charge in [0.15, 0.2) is 0 Å². The Balaban J connectivity index is 1.52. The Hall–Kier alpha value is -1.82. The third kappa shape index (κ3) is 4.11. The lowest BCUT2D eigenvalue weighted by Crippen LogP contribution is -2.59. The Labute approximate surface area is 190 Å². The molecule has 4 rings (SSSR count). The molecule has 0 saturated heterocycles. The van der Waals surface area contributed by atoms with Crippen LogP contribution in [-0.2, 0) is 6.42 Å². The lowest BCUT2D eigenvalue weighted by Gasteiger charge is -2.61. The van der Waals surface area contributed by atoms with Crippen molar-refractivity contribution in [2.24, 2.45) is 28.6 Å². The normalized spacial score (nSPS) is 34.8. The van der Waals surface area contributed by atoms with Crippen LogP contribution in [0.2, 0.25) is 0 Å². The van der Waals surface area contributed by atoms with Gasteiger partial charge in [-0.3, -0.25) is 4.98 Å². The average molecular weight is 442 g/mol. The lowest BCUT2D eigenvalue weighted by atomic mass is 9.45. The fraction of sp³-hybridized carbons (Fsp3) is 0.593. The van der Waals surface area contributed by atoms with Gasteiger partial charge < -0.3 is 15.3 Å². The van der Waals surface area contributed by atoms with Gasteiger partial charge in [-0.25, -0.2) is 4.39 Å². The van der Waals surface area contributed by atoms with E-state index >= 15 is 0 Å². The molecule has 5 heteroatoms. The molecule has 0 radical (unpaired) electrons. The molecular formula is C27H36FNO3. The van der Waals surface area contributed by atoms with Gasteiger partial charge in [0.1, 0.15) is 5.82 Å². The van der Waals surface area contributed by atoms with Crippen LogP contribution in [0.1, 0.15) is 51.6 Å². The quantitative estimate of drug-likeness (QED) is 0.612. The van der Waals surface area contributed by atoms with Crippen molar-refractivity contribution in [1.82, 2.24) is 4.98 Å². The highest BCUT2D eigenvalue weighted by Gasteiger charge is 2.58. The molecule has 1 aromatic heterocycles. The highest BCUT2D eigenvalue weighted by Crippen LogP contribution is 2.62. The van der Waals surface area contributed by atoms with E-state index in [1.807, 2.05) is 25.1 Å². The van der Waals surface area contributed by atoms with Crippen molar-refractivity contribution < 1.29 is 19.7 Å². The summed E-state index contributed by atoms with van der Waals surface area (Å²) in [7, 11) is 0. The number of hydrogen-bond acceptors (Lipinski definition) is 4. The average Bonchev–Trinajstić information content (AvgIpc) is 2.80. The molecular weight excluding hydrogens is 405 g/mol. The Bertz CT molecular complexity index is 919. The van der Waals surface area contributed by atoms with Crippen molar-refractivity contribution in [1.29, 1.82) is 0 Å². The van der Waals surface area contributed by atoms with E-state index in [1.165, 1.54) is 12.1 Å². The van der Waals surface area contributed by atoms with Crippen molar-refractivity contribution in [3.63, 3.8) is 0 Å². The number of aromatic nitrogens is 1. The number of nitrogens with zero attached hydrogens (tertiary/aromatic N) is 1. The molecule has 32 heavy (non-hydrogen) atoms. The molecule has 2 fully saturated rings. The zero-order chi connectivity index (χ0) is 22.9. The summed E-state index contributed by atoms with van der Waals surface area (Å²) in [5.74, 6) is 0.532. The van der Waals surface area contributed by atoms with Crippen LogP contribution in [0, 0.1) is 34.4 Å². The molecule has 6 atom stereocenters. The minimum atomic E-state index is -0.490. The number of aliphatic hydroxyl groups excluding tert-OH is 3. The summed E-state index contributed by atoms with van der Waals surface area (Å²) in [6.45, 7) is 4.51. The second-order valence-electron chi connectivity index (χ2n) is 10.5. The Morgan fingerprint density at radius 2 is 1.88 bits per heavy atom. The van der Waals surface area contributed by atoms with Crippen LogP contribution in [0.3, 0.4) is 0 Å². The third-order valence-electron chi connectivity index (χ3n) is 8.82. The van der Waals surface area contributed by atoms with Crippen LogP contribution < -0.4 is 0 Å². The fourth-order valence-electron chi connectivity index (χ4n) is 6.87. The predicted octanol–water partition coefficient (Wildman–Crippen LogP) is 4.61. The van der Waals surface area contributed by atoms with E-state index in [9.17, 15) is 19.7 Å². The number of pyridine rings is 1. The largest absolute Gasteiger partial charge is 0.396 e. The maximum atomic E-state index is 13.5. The molecule has 2 aliphatic rings. The molecule has 2 saturated carbocycles. The molecule has 0 bridgehead atoms. The smallest absolute Gasteiger partial charge is 0.123 e. The number of rotatable bonds is 6. The summed E-state index contributed by atoms with van der Waals surface area (Å²) < 4.78 is 13.5. The van der Waals surface area contributed by atoms with Crippen LogP contribution in [0.25, 0.3) is 11.1 Å². The Morgan fingerprint density at radius 1 is 1.06 bits per heavy atom. The zero-order valence-corrected chi connectivity index (χ0v) is 19.2. The second-order valence-corrected chi connectivity index (χ2v) is 10.5. The van der Waals surface area contributed by atoms with Crippen molar-refractivity contribution in [2.45, 2.75) is 58.5 Å². The summed E-state index contributed by atoms with van der Waals surface area (Å²) in [5, 5.41) is 31.0. The van der Waals surface area contributed by atoms with Gasteiger partial charge in [0.2, 0.25) is 0 Å². The van der Waals surface area contributed by atoms with Crippen LogP contribution in [0.15, 0.2) is 42.6 Å². The first-order valence-corrected chi connectivity index (χ1v) is 11.9. The Morgan fingerprint density at radius 3 is 2.53 bits per heavy atom. The second kappa shape index (κ2) is 9.20. The SMILES string of the molecule is C[C@]1(CO)[C@H]2CCC(CO)[C@@H](CCc3ccc(-c4cccc(F)c4)cn3)[C@]2(C)CC[C@H]1O. The topological polar surface area (TPSA) is 73.6 Å². The standard InChI is InChI=1S/C27H36FNO3/c1-26-13-12-25(32)27(2,17-31)24(26)11-7-20(16-30)23(26)10-9-22-8-6-19(15-29-22)18-4-3-5-21(28)14-18/h3-6,8,14-15,20,23-25,30-32H,7,9-13,16-17H2,1-2H3/t20?,23-,24+,25-,26+,27+/m1/s1. The monoisotopic (exact) mass is 441 g/mol. The van der Waals surface area contributed by atoms with Gasteiger partial charge in [0.25, 0.3) is 0 Å². The zero-order valence-electron chi connectivity index (χ0n) is 19.2. The molecule has 3 N–H and O–H groups in total. The van der Waals surface area contributed by atoms with Gasteiger partial charge >= 0.3 is 0 Å². The number of fused-ring (bicyclic) bond motifs is 1. The van der Waals surface area contributed by atoms with Gasteiger partial charge in [-0.05, 0) is 85.5 Å². The summed E-state index contributed by atoms with van der Waals surface area (Å²) in [6, 6.07) is 10.5. The summed E-state index contributed by atoms with van der Waals surface area (Å²) in [4.78, 5) is 4.64. The van der Waals surface area contributed by atoms with E-state index in [0.29, 0.717) is 12.3 Å². The van der Waals surface area contributed by atoms with Crippen LogP contribution in [0.4, 0.5) is 4.39 Å². The van der Waals surface area contributed by atoms with Crippen molar-refractivity contribution in [2.75, 3.05) is 13.2 Å². The number of halogens is 1. The highest BCUT2D eigenvalue weighted by molar-refractivity contribution is 5.62. The first-order chi connectivity index (χ1) is 15.3. The van der Waals surface area contributed by atoms with Crippen molar-refractivity contribution in [3.8, 4) is 11.1 Å². The van der Waals surface area contributed by atoms with Gasteiger partial charge in [-0.1, -0.05) is 32.0 Å². The minimum absolute atomic E-state index is 0.00592. The van der Waals surface area contributed by atoms with E-state index < -0.39 is 11.5 Å². The maximum Gasteiger partial charge on any atom is 0.123 e. The van der Waals surface area contributed by atoms with Gasteiger partial charge in [0, 0.05) is 29.5 Å². The molecule has 2 aromatic rings. The van der Waals surface area contributed by atoms with Crippen LogP contribution >= 0.6 is 0 Å². The molecule has 174 valence electrons. The minimum Gasteiger partial charge on any atom is -0.396 e. The molecule has 2 aliphatic carbocycles. The summed E-state index contributed by atoms with van der Waals surface area (Å²) >= 11 is 0. The van der Waals surface area contributed by atoms with E-state index in [4.69, 9.17) is 0 Å². The molecule has 0 amide bonds. The van der Waals surface area contributed by atoms with Crippen molar-refractivity contribution in [3.05, 3.63) is 54.1 Å². The number of hydrogen-bond donors (Lipinski definition) is 3. The summed E-state index contributed by atoms with van der Waals surface area (Å²) in [5.41, 5.74) is 2.19. The predicted molar refractivity (Wildman–Crippen MR) is 123 cm³/mol. The van der Waals surface area contributed by atoms with E-state index in [0.717, 1.165) is 48.9 Å². The van der Waals surface area contributed by atoms with Gasteiger partial charge in [0.05, 0.1) is 12.7 Å². The fourth-order valence-corrected chi connectivity index (χ4v) is 6.87. The van der Waals surface area contributed by atoms with E-state index in [1.54, 1.807) is 12.3 Å². The molecule has 1 heterocycles. The molecule has 0 spiro atoms. The van der Waals surface area contributed by atoms with Crippen molar-refractivity contribution >= 4 is 0 Å². The molecule has 1 unspecified atom stereocenters. The van der Waals surface area contributed by atoms with Crippen LogP contribution in [0.5, 0.6) is 0 Å². The van der Waals surface area contributed by atoms with Gasteiger partial charge in [-0.15, -0.1) is 0 Å². The maximum absolute atomic E-state index is 13.5. The number of benzene rings is 1. The van der Waals surface area contributed by atoms with Crippen LogP contribution in [-0.4, -0.2) is 39.6 Å². The summed E-state index contributed by atoms with van der Waals surface area (Å²) in [6.07, 6.45) is 6.53. The third-order valence-corrected chi connectivity index (χ3v) is 8.82. The highest BCUT2D eigenvalue weighted by atomic mass is 19.1. The lowest BCUT2D eigenvalue weighted by molar-refractivity contribution is -0.177. The number of aryl methyl sites for hydroxylation is 1. The molecule has 4 nitrogen and oxygen atoms in total. The first kappa shape index (κ1) is 23.3. The molecule has 1 aromatic carbocycles.